The summed E-state index contributed by atoms with van der Waals surface area (Å²) in [5.41, 5.74) is 5.72. The zero-order valence-corrected chi connectivity index (χ0v) is 6.78. The third-order valence-corrected chi connectivity index (χ3v) is 1.43. The van der Waals surface area contributed by atoms with Gasteiger partial charge in [0.15, 0.2) is 0 Å². The molecule has 0 fully saturated rings. The maximum atomic E-state index is 10.4. The maximum Gasteiger partial charge on any atom is 0.411 e. The minimum absolute atomic E-state index is 0.299. The van der Waals surface area contributed by atoms with Gasteiger partial charge in [0.2, 0.25) is 5.88 Å². The molecule has 0 saturated carbocycles. The topological polar surface area (TPSA) is 65.2 Å². The molecule has 64 valence electrons. The van der Waals surface area contributed by atoms with Crippen LogP contribution >= 0.6 is 0 Å². The summed E-state index contributed by atoms with van der Waals surface area (Å²) < 4.78 is 4.66. The molecule has 4 heteroatoms. The quantitative estimate of drug-likeness (QED) is 0.715. The number of primary amides is 1. The smallest absolute Gasteiger partial charge is 0.391 e. The molecule has 0 aliphatic heterocycles. The number of hydrogen-bond donors (Lipinski definition) is 1. The molecule has 0 spiro atoms. The molecule has 0 saturated heterocycles. The molecule has 1 rings (SSSR count). The van der Waals surface area contributed by atoms with Gasteiger partial charge in [-0.05, 0) is 12.5 Å². The Kier molecular flexibility index (Phi) is 2.63. The van der Waals surface area contributed by atoms with E-state index in [-0.39, 0.29) is 0 Å². The Bertz CT molecular complexity index is 286. The number of amides is 1. The molecule has 12 heavy (non-hydrogen) atoms. The third kappa shape index (κ3) is 1.95. The minimum atomic E-state index is -0.830. The number of hydrogen-bond acceptors (Lipinski definition) is 3. The van der Waals surface area contributed by atoms with Crippen LogP contribution in [0.15, 0.2) is 18.3 Å². The Hall–Kier alpha value is -1.58. The average Bonchev–Trinajstić information content (AvgIpc) is 2.04. The fourth-order valence-corrected chi connectivity index (χ4v) is 0.880. The van der Waals surface area contributed by atoms with Crippen molar-refractivity contribution in [3.63, 3.8) is 0 Å². The van der Waals surface area contributed by atoms with Crippen LogP contribution in [0.1, 0.15) is 12.5 Å². The molecule has 0 radical (unpaired) electrons. The van der Waals surface area contributed by atoms with Gasteiger partial charge < -0.3 is 10.5 Å². The van der Waals surface area contributed by atoms with E-state index < -0.39 is 6.09 Å². The average molecular weight is 166 g/mol. The number of rotatable bonds is 2. The van der Waals surface area contributed by atoms with Crippen LogP contribution in [0, 0.1) is 0 Å². The number of pyridine rings is 1. The van der Waals surface area contributed by atoms with Gasteiger partial charge in [-0.25, -0.2) is 9.78 Å². The molecule has 0 atom stereocenters. The van der Waals surface area contributed by atoms with Gasteiger partial charge in [0.25, 0.3) is 0 Å². The van der Waals surface area contributed by atoms with Crippen LogP contribution in [0.3, 0.4) is 0 Å². The fraction of sp³-hybridized carbons (Fsp3) is 0.250. The largest absolute Gasteiger partial charge is 0.411 e. The highest BCUT2D eigenvalue weighted by atomic mass is 16.6. The number of aromatic nitrogens is 1. The molecule has 4 nitrogen and oxygen atoms in total. The highest BCUT2D eigenvalue weighted by Crippen LogP contribution is 2.13. The van der Waals surface area contributed by atoms with Crippen molar-refractivity contribution >= 4 is 6.09 Å². The molecule has 1 aromatic heterocycles. The lowest BCUT2D eigenvalue weighted by molar-refractivity contribution is 0.208. The predicted octanol–water partition coefficient (Wildman–Crippen LogP) is 1.10. The van der Waals surface area contributed by atoms with Gasteiger partial charge in [0, 0.05) is 11.8 Å². The molecule has 0 unspecified atom stereocenters. The van der Waals surface area contributed by atoms with Crippen molar-refractivity contribution in [2.24, 2.45) is 5.73 Å². The van der Waals surface area contributed by atoms with Crippen molar-refractivity contribution in [1.82, 2.24) is 4.98 Å². The summed E-state index contributed by atoms with van der Waals surface area (Å²) in [5, 5.41) is 0. The standard InChI is InChI=1S/C8H10N2O2/c1-2-6-4-3-5-10-7(6)12-8(9)11/h3-5H,2H2,1H3,(H2,9,11). The second-order valence-corrected chi connectivity index (χ2v) is 2.24. The first-order valence-corrected chi connectivity index (χ1v) is 3.65. The van der Waals surface area contributed by atoms with Crippen LogP contribution in [0.4, 0.5) is 4.79 Å². The Morgan fingerprint density at radius 3 is 3.08 bits per heavy atom. The van der Waals surface area contributed by atoms with Crippen molar-refractivity contribution in [2.75, 3.05) is 0 Å². The van der Waals surface area contributed by atoms with Crippen LogP contribution < -0.4 is 10.5 Å². The molecule has 1 heterocycles. The third-order valence-electron chi connectivity index (χ3n) is 1.43. The molecule has 0 aromatic carbocycles. The molecular weight excluding hydrogens is 156 g/mol. The number of nitrogens with two attached hydrogens (primary N) is 1. The molecular formula is C8H10N2O2. The second-order valence-electron chi connectivity index (χ2n) is 2.24. The van der Waals surface area contributed by atoms with E-state index in [2.05, 4.69) is 9.72 Å². The van der Waals surface area contributed by atoms with Crippen molar-refractivity contribution in [2.45, 2.75) is 13.3 Å². The summed E-state index contributed by atoms with van der Waals surface area (Å²) in [4.78, 5) is 14.3. The molecule has 1 amide bonds. The maximum absolute atomic E-state index is 10.4. The van der Waals surface area contributed by atoms with E-state index in [4.69, 9.17) is 5.73 Å². The minimum Gasteiger partial charge on any atom is -0.391 e. The summed E-state index contributed by atoms with van der Waals surface area (Å²) in [6, 6.07) is 3.62. The number of aryl methyl sites for hydroxylation is 1. The van der Waals surface area contributed by atoms with Crippen molar-refractivity contribution in [1.29, 1.82) is 0 Å². The molecule has 2 N–H and O–H groups in total. The van der Waals surface area contributed by atoms with Crippen LogP contribution in [0.5, 0.6) is 5.88 Å². The van der Waals surface area contributed by atoms with Gasteiger partial charge in [-0.2, -0.15) is 0 Å². The Morgan fingerprint density at radius 2 is 2.50 bits per heavy atom. The summed E-state index contributed by atoms with van der Waals surface area (Å²) >= 11 is 0. The lowest BCUT2D eigenvalue weighted by atomic mass is 10.2. The van der Waals surface area contributed by atoms with Gasteiger partial charge in [-0.1, -0.05) is 13.0 Å². The predicted molar refractivity (Wildman–Crippen MR) is 43.8 cm³/mol. The van der Waals surface area contributed by atoms with Gasteiger partial charge in [0.05, 0.1) is 0 Å². The highest BCUT2D eigenvalue weighted by Gasteiger charge is 2.04. The second kappa shape index (κ2) is 3.71. The van der Waals surface area contributed by atoms with E-state index in [9.17, 15) is 4.79 Å². The SMILES string of the molecule is CCc1cccnc1OC(N)=O. The lowest BCUT2D eigenvalue weighted by Gasteiger charge is -2.03. The summed E-state index contributed by atoms with van der Waals surface area (Å²) in [5.74, 6) is 0.299. The van der Waals surface area contributed by atoms with Crippen LogP contribution in [-0.2, 0) is 6.42 Å². The first-order chi connectivity index (χ1) is 5.74. The Balaban J connectivity index is 2.89. The zero-order chi connectivity index (χ0) is 8.97. The van der Waals surface area contributed by atoms with E-state index >= 15 is 0 Å². The monoisotopic (exact) mass is 166 g/mol. The van der Waals surface area contributed by atoms with E-state index in [1.54, 1.807) is 12.3 Å². The number of ether oxygens (including phenoxy) is 1. The Labute approximate surface area is 70.4 Å². The van der Waals surface area contributed by atoms with Crippen molar-refractivity contribution in [3.8, 4) is 5.88 Å². The van der Waals surface area contributed by atoms with Crippen LogP contribution in [0.25, 0.3) is 0 Å². The van der Waals surface area contributed by atoms with Gasteiger partial charge in [-0.15, -0.1) is 0 Å². The Morgan fingerprint density at radius 1 is 1.75 bits per heavy atom. The highest BCUT2D eigenvalue weighted by molar-refractivity contribution is 5.67. The number of carbonyl (C=O) groups excluding carboxylic acids is 1. The summed E-state index contributed by atoms with van der Waals surface area (Å²) in [6.07, 6.45) is 1.48. The molecule has 0 aliphatic carbocycles. The van der Waals surface area contributed by atoms with E-state index in [0.717, 1.165) is 12.0 Å². The normalized spacial score (nSPS) is 9.42. The molecule has 1 aromatic rings. The van der Waals surface area contributed by atoms with E-state index in [1.165, 1.54) is 0 Å². The van der Waals surface area contributed by atoms with Crippen molar-refractivity contribution in [3.05, 3.63) is 23.9 Å². The lowest BCUT2D eigenvalue weighted by Crippen LogP contribution is -2.17. The van der Waals surface area contributed by atoms with Crippen LogP contribution in [-0.4, -0.2) is 11.1 Å². The van der Waals surface area contributed by atoms with Gasteiger partial charge in [0.1, 0.15) is 0 Å². The van der Waals surface area contributed by atoms with E-state index in [1.807, 2.05) is 13.0 Å². The van der Waals surface area contributed by atoms with Gasteiger partial charge in [-0.3, -0.25) is 0 Å². The molecule has 0 aliphatic rings. The number of carbonyl (C=O) groups is 1. The van der Waals surface area contributed by atoms with E-state index in [0.29, 0.717) is 5.88 Å². The summed E-state index contributed by atoms with van der Waals surface area (Å²) in [7, 11) is 0. The number of nitrogens with zero attached hydrogens (tertiary/aromatic N) is 1. The van der Waals surface area contributed by atoms with Crippen LogP contribution in [0.2, 0.25) is 0 Å². The fourth-order valence-electron chi connectivity index (χ4n) is 0.880. The van der Waals surface area contributed by atoms with Crippen molar-refractivity contribution < 1.29 is 9.53 Å². The summed E-state index contributed by atoms with van der Waals surface area (Å²) in [6.45, 7) is 1.95. The molecule has 0 bridgehead atoms. The first-order valence-electron chi connectivity index (χ1n) is 3.65. The zero-order valence-electron chi connectivity index (χ0n) is 6.78. The van der Waals surface area contributed by atoms with Gasteiger partial charge >= 0.3 is 6.09 Å². The first kappa shape index (κ1) is 8.52.